The summed E-state index contributed by atoms with van der Waals surface area (Å²) in [4.78, 5) is 35.7. The van der Waals surface area contributed by atoms with Gasteiger partial charge in [-0.2, -0.15) is 0 Å². The zero-order valence-corrected chi connectivity index (χ0v) is 11.3. The van der Waals surface area contributed by atoms with Crippen LogP contribution in [0.3, 0.4) is 0 Å². The van der Waals surface area contributed by atoms with Gasteiger partial charge >= 0.3 is 15.2 Å². The molecular weight excluding hydrogens is 270 g/mol. The third-order valence-electron chi connectivity index (χ3n) is 2.31. The van der Waals surface area contributed by atoms with Gasteiger partial charge in [-0.3, -0.25) is 9.13 Å². The van der Waals surface area contributed by atoms with E-state index in [-0.39, 0.29) is 6.42 Å². The van der Waals surface area contributed by atoms with Crippen LogP contribution in [-0.2, 0) is 9.13 Å². The van der Waals surface area contributed by atoms with Crippen molar-refractivity contribution < 1.29 is 28.7 Å². The van der Waals surface area contributed by atoms with Crippen LogP contribution in [0.15, 0.2) is 0 Å². The number of nitrogens with two attached hydrogens (primary N) is 2. The maximum atomic E-state index is 11.0. The van der Waals surface area contributed by atoms with Gasteiger partial charge in [0.25, 0.3) is 0 Å². The molecule has 17 heavy (non-hydrogen) atoms. The molecule has 0 spiro atoms. The quantitative estimate of drug-likeness (QED) is 0.341. The molecule has 0 aromatic carbocycles. The number of rotatable bonds is 7. The van der Waals surface area contributed by atoms with Crippen molar-refractivity contribution in [1.82, 2.24) is 0 Å². The van der Waals surface area contributed by atoms with E-state index in [1.54, 1.807) is 0 Å². The fourth-order valence-corrected chi connectivity index (χ4v) is 4.46. The Bertz CT molecular complexity index is 304. The number of hydrogen-bond donors (Lipinski definition) is 6. The largest absolute Gasteiger partial charge is 0.342 e. The van der Waals surface area contributed by atoms with E-state index in [1.807, 2.05) is 6.92 Å². The molecular formula is C7H20N2O6P2. The molecule has 0 bridgehead atoms. The normalized spacial score (nSPS) is 17.2. The fraction of sp³-hybridized carbons (Fsp3) is 1.00. The van der Waals surface area contributed by atoms with Gasteiger partial charge in [-0.25, -0.2) is 0 Å². The van der Waals surface area contributed by atoms with Crippen LogP contribution in [0.1, 0.15) is 26.2 Å². The fourth-order valence-electron chi connectivity index (χ4n) is 1.65. The molecule has 0 aliphatic carbocycles. The predicted octanol–water partition coefficient (Wildman–Crippen LogP) is -0.487. The molecule has 2 atom stereocenters. The lowest BCUT2D eigenvalue weighted by Crippen LogP contribution is -2.40. The Kier molecular flexibility index (Phi) is 6.49. The van der Waals surface area contributed by atoms with Crippen LogP contribution >= 0.6 is 15.2 Å². The summed E-state index contributed by atoms with van der Waals surface area (Å²) < 4.78 is 22.1. The predicted molar refractivity (Wildman–Crippen MR) is 63.4 cm³/mol. The van der Waals surface area contributed by atoms with Gasteiger partial charge in [0.05, 0.1) is 0 Å². The second-order valence-electron chi connectivity index (χ2n) is 4.04. The van der Waals surface area contributed by atoms with Crippen LogP contribution in [0.5, 0.6) is 0 Å². The third-order valence-corrected chi connectivity index (χ3v) is 6.26. The minimum Gasteiger partial charge on any atom is -0.328 e. The van der Waals surface area contributed by atoms with E-state index in [4.69, 9.17) is 31.0 Å². The van der Waals surface area contributed by atoms with Crippen molar-refractivity contribution in [3.8, 4) is 0 Å². The molecule has 2 unspecified atom stereocenters. The molecule has 0 saturated carbocycles. The van der Waals surface area contributed by atoms with E-state index in [0.29, 0.717) is 6.42 Å². The summed E-state index contributed by atoms with van der Waals surface area (Å²) in [6.45, 7) is 1.87. The maximum absolute atomic E-state index is 11.0. The van der Waals surface area contributed by atoms with Crippen molar-refractivity contribution in [2.75, 3.05) is 0 Å². The van der Waals surface area contributed by atoms with Crippen molar-refractivity contribution in [2.24, 2.45) is 11.5 Å². The molecule has 0 aliphatic rings. The van der Waals surface area contributed by atoms with Crippen LogP contribution in [0.2, 0.25) is 0 Å². The minimum absolute atomic E-state index is 0.0469. The van der Waals surface area contributed by atoms with E-state index in [9.17, 15) is 9.13 Å². The lowest BCUT2D eigenvalue weighted by molar-refractivity contribution is 0.324. The van der Waals surface area contributed by atoms with E-state index >= 15 is 0 Å². The lowest BCUT2D eigenvalue weighted by atomic mass is 10.1. The second kappa shape index (κ2) is 6.41. The summed E-state index contributed by atoms with van der Waals surface area (Å²) in [7, 11) is -9.94. The van der Waals surface area contributed by atoms with Gasteiger partial charge in [-0.15, -0.1) is 0 Å². The van der Waals surface area contributed by atoms with Crippen LogP contribution < -0.4 is 11.5 Å². The molecule has 0 amide bonds. The molecule has 8 N–H and O–H groups in total. The smallest absolute Gasteiger partial charge is 0.328 e. The van der Waals surface area contributed by atoms with Gasteiger partial charge in [-0.1, -0.05) is 13.3 Å². The molecule has 8 nitrogen and oxygen atoms in total. The van der Waals surface area contributed by atoms with Gasteiger partial charge in [0.15, 0.2) is 5.40 Å². The molecule has 0 fully saturated rings. The van der Waals surface area contributed by atoms with Crippen molar-refractivity contribution in [3.05, 3.63) is 0 Å². The molecule has 0 aromatic rings. The van der Waals surface area contributed by atoms with E-state index in [1.165, 1.54) is 0 Å². The van der Waals surface area contributed by atoms with Crippen molar-refractivity contribution >= 4 is 15.2 Å². The highest BCUT2D eigenvalue weighted by Gasteiger charge is 2.47. The van der Waals surface area contributed by atoms with Crippen LogP contribution in [0.25, 0.3) is 0 Å². The number of hydrogen-bond acceptors (Lipinski definition) is 4. The summed E-state index contributed by atoms with van der Waals surface area (Å²) in [5.74, 6) is 0. The first kappa shape index (κ1) is 17.2. The molecule has 0 aromatic heterocycles. The first-order chi connectivity index (χ1) is 7.50. The highest BCUT2D eigenvalue weighted by atomic mass is 31.2. The first-order valence-electron chi connectivity index (χ1n) is 5.11. The van der Waals surface area contributed by atoms with Gasteiger partial charge in [0.2, 0.25) is 0 Å². The first-order valence-corrected chi connectivity index (χ1v) is 8.48. The van der Waals surface area contributed by atoms with Crippen LogP contribution in [-0.4, -0.2) is 37.1 Å². The van der Waals surface area contributed by atoms with Crippen LogP contribution in [0, 0.1) is 0 Å². The lowest BCUT2D eigenvalue weighted by Gasteiger charge is -2.27. The summed E-state index contributed by atoms with van der Waals surface area (Å²) >= 11 is 0. The average molecular weight is 290 g/mol. The average Bonchev–Trinajstić information content (AvgIpc) is 1.96. The Morgan fingerprint density at radius 2 is 1.47 bits per heavy atom. The molecule has 0 saturated heterocycles. The summed E-state index contributed by atoms with van der Waals surface area (Å²) in [5, 5.41) is -2.18. The summed E-state index contributed by atoms with van der Waals surface area (Å²) in [6.07, 6.45) is 1.28. The van der Waals surface area contributed by atoms with Crippen molar-refractivity contribution in [1.29, 1.82) is 0 Å². The third kappa shape index (κ3) is 6.08. The van der Waals surface area contributed by atoms with Crippen molar-refractivity contribution in [2.45, 2.75) is 43.7 Å². The topological polar surface area (TPSA) is 167 Å². The summed E-state index contributed by atoms with van der Waals surface area (Å²) in [5.41, 5.74) is 11.1. The van der Waals surface area contributed by atoms with Crippen LogP contribution in [0.4, 0.5) is 0 Å². The van der Waals surface area contributed by atoms with Crippen molar-refractivity contribution in [3.63, 3.8) is 0 Å². The van der Waals surface area contributed by atoms with E-state index in [2.05, 4.69) is 0 Å². The Morgan fingerprint density at radius 3 is 1.76 bits per heavy atom. The molecule has 0 heterocycles. The second-order valence-corrected chi connectivity index (χ2v) is 7.92. The zero-order valence-electron chi connectivity index (χ0n) is 9.51. The maximum Gasteiger partial charge on any atom is 0.342 e. The Labute approximate surface area is 99.7 Å². The summed E-state index contributed by atoms with van der Waals surface area (Å²) in [6, 6.07) is -1.77. The molecule has 104 valence electrons. The zero-order chi connectivity index (χ0) is 13.9. The SMILES string of the molecule is CCCC(N)CC(N)C(P(=O)(O)O)P(=O)(O)O. The standard InChI is InChI=1S/C7H20N2O6P2/c1-2-3-5(8)4-6(9)7(16(10,11)12)17(13,14)15/h5-7H,2-4,8-9H2,1H3,(H2,10,11,12)(H2,13,14,15). The molecule has 0 rings (SSSR count). The van der Waals surface area contributed by atoms with Gasteiger partial charge in [0, 0.05) is 12.1 Å². The molecule has 0 aliphatic heterocycles. The Balaban J connectivity index is 4.85. The highest BCUT2D eigenvalue weighted by Crippen LogP contribution is 2.61. The van der Waals surface area contributed by atoms with Gasteiger partial charge in [0.1, 0.15) is 0 Å². The van der Waals surface area contributed by atoms with Gasteiger partial charge in [-0.05, 0) is 12.8 Å². The Morgan fingerprint density at radius 1 is 1.06 bits per heavy atom. The molecule has 0 radical (unpaired) electrons. The minimum atomic E-state index is -4.97. The molecule has 10 heteroatoms. The van der Waals surface area contributed by atoms with E-state index in [0.717, 1.165) is 6.42 Å². The highest BCUT2D eigenvalue weighted by molar-refractivity contribution is 7.71. The monoisotopic (exact) mass is 290 g/mol. The Hall–Kier alpha value is 0.220. The van der Waals surface area contributed by atoms with E-state index < -0.39 is 32.7 Å². The van der Waals surface area contributed by atoms with Gasteiger partial charge < -0.3 is 31.0 Å².